The average Bonchev–Trinajstić information content (AvgIpc) is 3.07. The lowest BCUT2D eigenvalue weighted by Gasteiger charge is -2.17. The molecule has 0 amide bonds. The van der Waals surface area contributed by atoms with Gasteiger partial charge in [0.1, 0.15) is 0 Å². The van der Waals surface area contributed by atoms with Crippen LogP contribution in [0.5, 0.6) is 0 Å². The van der Waals surface area contributed by atoms with Crippen LogP contribution in [0.4, 0.5) is 5.82 Å². The number of nitrogens with zero attached hydrogens (tertiary/aromatic N) is 5. The zero-order chi connectivity index (χ0) is 14.0. The van der Waals surface area contributed by atoms with E-state index in [1.165, 1.54) is 0 Å². The molecule has 1 aromatic carbocycles. The van der Waals surface area contributed by atoms with Gasteiger partial charge in [0, 0.05) is 6.07 Å². The summed E-state index contributed by atoms with van der Waals surface area (Å²) in [6.45, 7) is 0. The van der Waals surface area contributed by atoms with Crippen LogP contribution in [-0.4, -0.2) is 16.0 Å². The van der Waals surface area contributed by atoms with Crippen molar-refractivity contribution >= 4 is 11.4 Å². The molecule has 2 heterocycles. The first kappa shape index (κ1) is 12.2. The van der Waals surface area contributed by atoms with Gasteiger partial charge in [0.15, 0.2) is 11.6 Å². The molecule has 0 aliphatic carbocycles. The second kappa shape index (κ2) is 4.67. The Bertz CT molecular complexity index is 686. The van der Waals surface area contributed by atoms with E-state index in [2.05, 4.69) is 30.7 Å². The highest BCUT2D eigenvalue weighted by Crippen LogP contribution is 2.35. The van der Waals surface area contributed by atoms with Gasteiger partial charge in [-0.15, -0.1) is 20.5 Å². The standard InChI is InChI=1S/C12H12N8/c13-11-10(8-4-2-1-3-5-8)12(14,20-18-11)19-17-9-6-7-15-16-9/h1-7H,13-14H2,(H,15,16)/t12-/m0/s1. The Kier molecular flexibility index (Phi) is 2.84. The summed E-state index contributed by atoms with van der Waals surface area (Å²) < 4.78 is 0. The number of nitrogens with one attached hydrogen (secondary N) is 1. The van der Waals surface area contributed by atoms with Crippen molar-refractivity contribution in [3.05, 3.63) is 54.0 Å². The smallest absolute Gasteiger partial charge is 0.271 e. The Balaban J connectivity index is 1.98. The second-order valence-corrected chi connectivity index (χ2v) is 4.19. The molecular formula is C12H12N8. The topological polar surface area (TPSA) is 130 Å². The van der Waals surface area contributed by atoms with Gasteiger partial charge in [-0.25, -0.2) is 0 Å². The first-order chi connectivity index (χ1) is 9.69. The quantitative estimate of drug-likeness (QED) is 0.734. The van der Waals surface area contributed by atoms with Gasteiger partial charge < -0.3 is 5.73 Å². The maximum Gasteiger partial charge on any atom is 0.271 e. The monoisotopic (exact) mass is 268 g/mol. The van der Waals surface area contributed by atoms with Crippen LogP contribution >= 0.6 is 0 Å². The normalized spacial score (nSPS) is 22.1. The first-order valence-corrected chi connectivity index (χ1v) is 5.89. The molecule has 0 unspecified atom stereocenters. The highest BCUT2D eigenvalue weighted by molar-refractivity contribution is 5.75. The summed E-state index contributed by atoms with van der Waals surface area (Å²) >= 11 is 0. The van der Waals surface area contributed by atoms with Gasteiger partial charge in [0.2, 0.25) is 0 Å². The van der Waals surface area contributed by atoms with Crippen molar-refractivity contribution in [3.8, 4) is 0 Å². The van der Waals surface area contributed by atoms with Crippen molar-refractivity contribution in [1.29, 1.82) is 0 Å². The number of rotatable bonds is 3. The maximum absolute atomic E-state index is 6.15. The zero-order valence-corrected chi connectivity index (χ0v) is 10.4. The minimum Gasteiger partial charge on any atom is -0.382 e. The molecule has 0 radical (unpaired) electrons. The second-order valence-electron chi connectivity index (χ2n) is 4.19. The average molecular weight is 268 g/mol. The van der Waals surface area contributed by atoms with Gasteiger partial charge in [-0.05, 0) is 5.56 Å². The van der Waals surface area contributed by atoms with E-state index in [0.717, 1.165) is 5.56 Å². The Labute approximate surface area is 114 Å². The number of aromatic amines is 1. The van der Waals surface area contributed by atoms with E-state index in [4.69, 9.17) is 11.5 Å². The molecule has 5 N–H and O–H groups in total. The predicted octanol–water partition coefficient (Wildman–Crippen LogP) is 1.90. The van der Waals surface area contributed by atoms with Crippen molar-refractivity contribution in [1.82, 2.24) is 10.2 Å². The Morgan fingerprint density at radius 1 is 1.15 bits per heavy atom. The molecule has 0 fully saturated rings. The molecule has 0 bridgehead atoms. The fraction of sp³-hybridized carbons (Fsp3) is 0.0833. The van der Waals surface area contributed by atoms with Crippen molar-refractivity contribution in [3.63, 3.8) is 0 Å². The van der Waals surface area contributed by atoms with Crippen LogP contribution in [0.15, 0.2) is 68.9 Å². The lowest BCUT2D eigenvalue weighted by molar-refractivity contribution is 0.564. The molecular weight excluding hydrogens is 256 g/mol. The Morgan fingerprint density at radius 3 is 2.65 bits per heavy atom. The number of H-pyrrole nitrogens is 1. The molecule has 2 aromatic rings. The van der Waals surface area contributed by atoms with Crippen LogP contribution in [0.2, 0.25) is 0 Å². The largest absolute Gasteiger partial charge is 0.382 e. The number of nitrogens with two attached hydrogens (primary N) is 2. The molecule has 8 nitrogen and oxygen atoms in total. The van der Waals surface area contributed by atoms with Crippen LogP contribution in [-0.2, 0) is 0 Å². The van der Waals surface area contributed by atoms with E-state index in [1.807, 2.05) is 30.3 Å². The summed E-state index contributed by atoms with van der Waals surface area (Å²) in [4.78, 5) is 0. The SMILES string of the molecule is NC1=C(c2ccccc2)[C@](N)(N=Nc2ccn[nH]2)N=N1. The van der Waals surface area contributed by atoms with Gasteiger partial charge in [0.05, 0.1) is 11.8 Å². The number of benzene rings is 1. The molecule has 1 aliphatic heterocycles. The highest BCUT2D eigenvalue weighted by atomic mass is 15.4. The van der Waals surface area contributed by atoms with Gasteiger partial charge in [-0.2, -0.15) is 5.10 Å². The molecule has 0 saturated carbocycles. The summed E-state index contributed by atoms with van der Waals surface area (Å²) in [7, 11) is 0. The third kappa shape index (κ3) is 2.08. The van der Waals surface area contributed by atoms with E-state index in [9.17, 15) is 0 Å². The van der Waals surface area contributed by atoms with Crippen LogP contribution in [0.3, 0.4) is 0 Å². The summed E-state index contributed by atoms with van der Waals surface area (Å²) in [6, 6.07) is 11.0. The summed E-state index contributed by atoms with van der Waals surface area (Å²) in [6.07, 6.45) is 1.57. The minimum atomic E-state index is -1.42. The third-order valence-corrected chi connectivity index (χ3v) is 2.79. The van der Waals surface area contributed by atoms with Gasteiger partial charge in [0.25, 0.3) is 5.79 Å². The minimum absolute atomic E-state index is 0.238. The summed E-state index contributed by atoms with van der Waals surface area (Å²) in [5, 5.41) is 22.2. The van der Waals surface area contributed by atoms with Crippen LogP contribution in [0.1, 0.15) is 5.56 Å². The summed E-state index contributed by atoms with van der Waals surface area (Å²) in [5.74, 6) is -0.707. The van der Waals surface area contributed by atoms with Crippen molar-refractivity contribution in [2.75, 3.05) is 0 Å². The number of hydrogen-bond acceptors (Lipinski definition) is 7. The fourth-order valence-corrected chi connectivity index (χ4v) is 1.89. The molecule has 0 saturated heterocycles. The van der Waals surface area contributed by atoms with Gasteiger partial charge >= 0.3 is 0 Å². The Morgan fingerprint density at radius 2 is 1.95 bits per heavy atom. The zero-order valence-electron chi connectivity index (χ0n) is 10.4. The maximum atomic E-state index is 6.15. The number of aromatic nitrogens is 2. The van der Waals surface area contributed by atoms with E-state index in [-0.39, 0.29) is 5.82 Å². The van der Waals surface area contributed by atoms with E-state index in [0.29, 0.717) is 11.4 Å². The number of hydrogen-bond donors (Lipinski definition) is 3. The molecule has 8 heteroatoms. The fourth-order valence-electron chi connectivity index (χ4n) is 1.89. The van der Waals surface area contributed by atoms with Crippen molar-refractivity contribution in [2.24, 2.45) is 31.9 Å². The molecule has 3 rings (SSSR count). The van der Waals surface area contributed by atoms with Crippen molar-refractivity contribution in [2.45, 2.75) is 5.79 Å². The molecule has 1 aliphatic rings. The van der Waals surface area contributed by atoms with Crippen LogP contribution < -0.4 is 11.5 Å². The molecule has 0 spiro atoms. The lowest BCUT2D eigenvalue weighted by Crippen LogP contribution is -2.35. The van der Waals surface area contributed by atoms with E-state index >= 15 is 0 Å². The lowest BCUT2D eigenvalue weighted by atomic mass is 10.0. The van der Waals surface area contributed by atoms with Crippen molar-refractivity contribution < 1.29 is 0 Å². The Hall–Kier alpha value is -2.87. The number of azo groups is 2. The van der Waals surface area contributed by atoms with Gasteiger partial charge in [-0.3, -0.25) is 10.8 Å². The van der Waals surface area contributed by atoms with Crippen LogP contribution in [0.25, 0.3) is 5.57 Å². The molecule has 1 atom stereocenters. The molecule has 20 heavy (non-hydrogen) atoms. The molecule has 100 valence electrons. The summed E-state index contributed by atoms with van der Waals surface area (Å²) in [5.41, 5.74) is 13.3. The van der Waals surface area contributed by atoms with Gasteiger partial charge in [-0.1, -0.05) is 30.3 Å². The van der Waals surface area contributed by atoms with E-state index in [1.54, 1.807) is 12.3 Å². The third-order valence-electron chi connectivity index (χ3n) is 2.79. The van der Waals surface area contributed by atoms with Crippen LogP contribution in [0, 0.1) is 0 Å². The van der Waals surface area contributed by atoms with E-state index < -0.39 is 5.79 Å². The highest BCUT2D eigenvalue weighted by Gasteiger charge is 2.37. The predicted molar refractivity (Wildman–Crippen MR) is 72.4 cm³/mol. The molecule has 1 aromatic heterocycles. The first-order valence-electron chi connectivity index (χ1n) is 5.89.